The van der Waals surface area contributed by atoms with E-state index in [2.05, 4.69) is 23.2 Å². The highest BCUT2D eigenvalue weighted by Crippen LogP contribution is 2.33. The third-order valence-corrected chi connectivity index (χ3v) is 6.03. The normalized spacial score (nSPS) is 15.8. The molecule has 3 heterocycles. The molecule has 1 atom stereocenters. The topological polar surface area (TPSA) is 57.8 Å². The zero-order valence-corrected chi connectivity index (χ0v) is 18.8. The van der Waals surface area contributed by atoms with Gasteiger partial charge in [0.05, 0.1) is 24.8 Å². The number of halogens is 1. The Morgan fingerprint density at radius 3 is 2.72 bits per heavy atom. The number of aromatic nitrogens is 5. The van der Waals surface area contributed by atoms with Crippen LogP contribution < -0.4 is 4.74 Å². The summed E-state index contributed by atoms with van der Waals surface area (Å²) in [5.74, 6) is 2.76. The predicted octanol–water partition coefficient (Wildman–Crippen LogP) is 5.53. The van der Waals surface area contributed by atoms with Crippen LogP contribution in [0.25, 0.3) is 17.8 Å². The lowest BCUT2D eigenvalue weighted by molar-refractivity contribution is 0.413. The number of ether oxygens (including phenoxy) is 1. The van der Waals surface area contributed by atoms with Gasteiger partial charge in [-0.3, -0.25) is 0 Å². The molecule has 0 saturated heterocycles. The van der Waals surface area contributed by atoms with Crippen LogP contribution in [0, 0.1) is 6.92 Å². The number of benzene rings is 2. The van der Waals surface area contributed by atoms with Crippen LogP contribution in [0.2, 0.25) is 5.02 Å². The van der Waals surface area contributed by atoms with Crippen molar-refractivity contribution in [1.82, 2.24) is 24.3 Å². The molecule has 0 saturated carbocycles. The molecule has 0 aliphatic carbocycles. The van der Waals surface area contributed by atoms with Gasteiger partial charge < -0.3 is 9.30 Å². The van der Waals surface area contributed by atoms with E-state index in [0.29, 0.717) is 5.82 Å². The van der Waals surface area contributed by atoms with E-state index in [-0.39, 0.29) is 5.92 Å². The van der Waals surface area contributed by atoms with Crippen LogP contribution in [0.5, 0.6) is 5.75 Å². The third-order valence-electron chi connectivity index (χ3n) is 5.78. The minimum absolute atomic E-state index is 0.244. The minimum atomic E-state index is 0.244. The van der Waals surface area contributed by atoms with Gasteiger partial charge in [0.1, 0.15) is 11.6 Å². The molecular formula is C25H24ClN5O. The highest BCUT2D eigenvalue weighted by atomic mass is 35.5. The van der Waals surface area contributed by atoms with Crippen LogP contribution >= 0.6 is 11.6 Å². The molecule has 162 valence electrons. The van der Waals surface area contributed by atoms with Crippen molar-refractivity contribution >= 4 is 23.8 Å². The predicted molar refractivity (Wildman–Crippen MR) is 126 cm³/mol. The molecule has 0 bridgehead atoms. The fourth-order valence-corrected chi connectivity index (χ4v) is 4.31. The largest absolute Gasteiger partial charge is 0.495 e. The van der Waals surface area contributed by atoms with Gasteiger partial charge in [0.25, 0.3) is 0 Å². The average Bonchev–Trinajstić information content (AvgIpc) is 3.43. The minimum Gasteiger partial charge on any atom is -0.495 e. The summed E-state index contributed by atoms with van der Waals surface area (Å²) in [5, 5.41) is 5.47. The second kappa shape index (κ2) is 8.63. The Labute approximate surface area is 192 Å². The van der Waals surface area contributed by atoms with Crippen molar-refractivity contribution in [2.45, 2.75) is 32.2 Å². The Morgan fingerprint density at radius 2 is 1.97 bits per heavy atom. The highest BCUT2D eigenvalue weighted by molar-refractivity contribution is 6.30. The number of nitrogens with zero attached hydrogens (tertiary/aromatic N) is 5. The SMILES string of the molecule is COc1cc(C=Cc2nc3n(n2)CCC[C@H]3c2ccc(Cl)cc2)ccc1-n1cnc(C)c1. The van der Waals surface area contributed by atoms with Crippen LogP contribution in [-0.4, -0.2) is 31.4 Å². The number of fused-ring (bicyclic) bond motifs is 1. The number of hydrogen-bond acceptors (Lipinski definition) is 4. The molecule has 1 aliphatic heterocycles. The third kappa shape index (κ3) is 4.06. The second-order valence-electron chi connectivity index (χ2n) is 7.98. The molecule has 0 spiro atoms. The summed E-state index contributed by atoms with van der Waals surface area (Å²) in [7, 11) is 1.68. The number of aryl methyl sites for hydroxylation is 2. The van der Waals surface area contributed by atoms with E-state index in [4.69, 9.17) is 26.4 Å². The maximum Gasteiger partial charge on any atom is 0.174 e. The number of hydrogen-bond donors (Lipinski definition) is 0. The van der Waals surface area contributed by atoms with Crippen LogP contribution in [0.3, 0.4) is 0 Å². The molecule has 7 heteroatoms. The van der Waals surface area contributed by atoms with E-state index < -0.39 is 0 Å². The molecule has 6 nitrogen and oxygen atoms in total. The van der Waals surface area contributed by atoms with E-state index in [1.807, 2.05) is 58.8 Å². The summed E-state index contributed by atoms with van der Waals surface area (Å²) in [6, 6.07) is 14.1. The van der Waals surface area contributed by atoms with Crippen molar-refractivity contribution in [1.29, 1.82) is 0 Å². The first kappa shape index (κ1) is 20.5. The molecule has 5 rings (SSSR count). The van der Waals surface area contributed by atoms with Crippen LogP contribution in [0.1, 0.15) is 47.2 Å². The zero-order chi connectivity index (χ0) is 22.1. The fourth-order valence-electron chi connectivity index (χ4n) is 4.19. The van der Waals surface area contributed by atoms with Crippen LogP contribution in [0.4, 0.5) is 0 Å². The smallest absolute Gasteiger partial charge is 0.174 e. The molecule has 32 heavy (non-hydrogen) atoms. The Balaban J connectivity index is 1.40. The van der Waals surface area contributed by atoms with E-state index >= 15 is 0 Å². The van der Waals surface area contributed by atoms with Gasteiger partial charge in [-0.05, 0) is 61.2 Å². The highest BCUT2D eigenvalue weighted by Gasteiger charge is 2.25. The van der Waals surface area contributed by atoms with Crippen molar-refractivity contribution in [3.05, 3.63) is 88.5 Å². The first-order valence-electron chi connectivity index (χ1n) is 10.7. The van der Waals surface area contributed by atoms with Crippen molar-refractivity contribution in [3.8, 4) is 11.4 Å². The van der Waals surface area contributed by atoms with Gasteiger partial charge in [-0.15, -0.1) is 0 Å². The lowest BCUT2D eigenvalue weighted by Gasteiger charge is -2.22. The van der Waals surface area contributed by atoms with Crippen molar-refractivity contribution in [2.75, 3.05) is 7.11 Å². The summed E-state index contributed by atoms with van der Waals surface area (Å²) in [5.41, 5.74) is 4.16. The van der Waals surface area contributed by atoms with E-state index in [0.717, 1.165) is 52.9 Å². The molecule has 0 unspecified atom stereocenters. The fraction of sp³-hybridized carbons (Fsp3) is 0.240. The standard InChI is InChI=1S/C25H24ClN5O/c1-17-15-30(16-27-17)22-11-5-18(14-23(22)32-2)6-12-24-28-25-21(4-3-13-31(25)29-24)19-7-9-20(26)10-8-19/h5-12,14-16,21H,3-4,13H2,1-2H3/t21-/m0/s1. The van der Waals surface area contributed by atoms with E-state index in [1.165, 1.54) is 5.56 Å². The summed E-state index contributed by atoms with van der Waals surface area (Å²) in [6.45, 7) is 2.86. The Morgan fingerprint density at radius 1 is 1.12 bits per heavy atom. The zero-order valence-electron chi connectivity index (χ0n) is 18.1. The lowest BCUT2D eigenvalue weighted by Crippen LogP contribution is -2.17. The summed E-state index contributed by atoms with van der Waals surface area (Å²) in [4.78, 5) is 9.14. The van der Waals surface area contributed by atoms with Crippen molar-refractivity contribution < 1.29 is 4.74 Å². The Kier molecular flexibility index (Phi) is 5.53. The first-order chi connectivity index (χ1) is 15.6. The number of rotatable bonds is 5. The molecule has 0 amide bonds. The Hall–Kier alpha value is -3.38. The molecular weight excluding hydrogens is 422 g/mol. The molecule has 0 radical (unpaired) electrons. The monoisotopic (exact) mass is 445 g/mol. The van der Waals surface area contributed by atoms with Gasteiger partial charge in [-0.25, -0.2) is 14.6 Å². The van der Waals surface area contributed by atoms with Crippen molar-refractivity contribution in [2.24, 2.45) is 0 Å². The van der Waals surface area contributed by atoms with Crippen LogP contribution in [0.15, 0.2) is 55.0 Å². The maximum atomic E-state index is 6.07. The quantitative estimate of drug-likeness (QED) is 0.405. The summed E-state index contributed by atoms with van der Waals surface area (Å²) >= 11 is 6.07. The molecule has 1 aliphatic rings. The van der Waals surface area contributed by atoms with Gasteiger partial charge in [0.15, 0.2) is 5.82 Å². The first-order valence-corrected chi connectivity index (χ1v) is 11.1. The van der Waals surface area contributed by atoms with Gasteiger partial charge >= 0.3 is 0 Å². The molecule has 0 fully saturated rings. The van der Waals surface area contributed by atoms with Gasteiger partial charge in [-0.2, -0.15) is 5.10 Å². The second-order valence-corrected chi connectivity index (χ2v) is 8.42. The van der Waals surface area contributed by atoms with E-state index in [9.17, 15) is 0 Å². The maximum absolute atomic E-state index is 6.07. The van der Waals surface area contributed by atoms with Crippen LogP contribution in [-0.2, 0) is 6.54 Å². The Bertz CT molecular complexity index is 1270. The average molecular weight is 446 g/mol. The number of imidazole rings is 1. The summed E-state index contributed by atoms with van der Waals surface area (Å²) < 4.78 is 9.61. The molecule has 2 aromatic heterocycles. The molecule has 0 N–H and O–H groups in total. The van der Waals surface area contributed by atoms with Gasteiger partial charge in [0, 0.05) is 23.7 Å². The number of methoxy groups -OCH3 is 1. The van der Waals surface area contributed by atoms with Gasteiger partial charge in [-0.1, -0.05) is 35.9 Å². The van der Waals surface area contributed by atoms with Gasteiger partial charge in [0.2, 0.25) is 0 Å². The molecule has 2 aromatic carbocycles. The lowest BCUT2D eigenvalue weighted by atomic mass is 9.91. The van der Waals surface area contributed by atoms with Crippen molar-refractivity contribution in [3.63, 3.8) is 0 Å². The molecule has 4 aromatic rings. The van der Waals surface area contributed by atoms with E-state index in [1.54, 1.807) is 13.4 Å². The summed E-state index contributed by atoms with van der Waals surface area (Å²) in [6.07, 6.45) is 9.89.